The average Bonchev–Trinajstić information content (AvgIpc) is 2.74. The number of aryl methyl sites for hydroxylation is 1. The number of rotatable bonds is 4. The SMILES string of the molecule is CN1CCC(c2cccc(CCC(=O)O)c2)C1. The third-order valence-electron chi connectivity index (χ3n) is 3.44. The van der Waals surface area contributed by atoms with E-state index in [4.69, 9.17) is 5.11 Å². The minimum absolute atomic E-state index is 0.216. The van der Waals surface area contributed by atoms with E-state index in [1.807, 2.05) is 12.1 Å². The van der Waals surface area contributed by atoms with Crippen LogP contribution in [0, 0.1) is 0 Å². The first-order valence-corrected chi connectivity index (χ1v) is 6.14. The lowest BCUT2D eigenvalue weighted by molar-refractivity contribution is -0.136. The highest BCUT2D eigenvalue weighted by Gasteiger charge is 2.20. The number of nitrogens with zero attached hydrogens (tertiary/aromatic N) is 1. The monoisotopic (exact) mass is 233 g/mol. The van der Waals surface area contributed by atoms with Gasteiger partial charge in [-0.3, -0.25) is 4.79 Å². The quantitative estimate of drug-likeness (QED) is 0.866. The van der Waals surface area contributed by atoms with Crippen LogP contribution < -0.4 is 0 Å². The molecule has 0 spiro atoms. The zero-order valence-electron chi connectivity index (χ0n) is 10.2. The molecule has 1 aliphatic rings. The standard InChI is InChI=1S/C14H19NO2/c1-15-8-7-13(10-15)12-4-2-3-11(9-12)5-6-14(16)17/h2-4,9,13H,5-8,10H2,1H3,(H,16,17). The second kappa shape index (κ2) is 5.32. The molecule has 1 saturated heterocycles. The summed E-state index contributed by atoms with van der Waals surface area (Å²) in [5, 5.41) is 8.68. The molecule has 1 fully saturated rings. The van der Waals surface area contributed by atoms with Gasteiger partial charge in [-0.05, 0) is 43.5 Å². The zero-order valence-corrected chi connectivity index (χ0v) is 10.2. The summed E-state index contributed by atoms with van der Waals surface area (Å²) in [6.07, 6.45) is 2.05. The van der Waals surface area contributed by atoms with Gasteiger partial charge in [-0.2, -0.15) is 0 Å². The molecule has 3 heteroatoms. The number of likely N-dealkylation sites (tertiary alicyclic amines) is 1. The third-order valence-corrected chi connectivity index (χ3v) is 3.44. The Balaban J connectivity index is 2.03. The van der Waals surface area contributed by atoms with Crippen LogP contribution in [0.3, 0.4) is 0 Å². The zero-order chi connectivity index (χ0) is 12.3. The van der Waals surface area contributed by atoms with Crippen molar-refractivity contribution in [3.05, 3.63) is 35.4 Å². The van der Waals surface area contributed by atoms with Crippen molar-refractivity contribution in [2.24, 2.45) is 0 Å². The number of carboxylic acids is 1. The van der Waals surface area contributed by atoms with E-state index in [0.29, 0.717) is 12.3 Å². The normalized spacial score (nSPS) is 20.6. The summed E-state index contributed by atoms with van der Waals surface area (Å²) >= 11 is 0. The van der Waals surface area contributed by atoms with Crippen LogP contribution in [0.4, 0.5) is 0 Å². The van der Waals surface area contributed by atoms with Crippen molar-refractivity contribution in [2.45, 2.75) is 25.2 Å². The molecule has 1 atom stereocenters. The van der Waals surface area contributed by atoms with E-state index in [2.05, 4.69) is 24.1 Å². The van der Waals surface area contributed by atoms with Crippen molar-refractivity contribution in [3.63, 3.8) is 0 Å². The fraction of sp³-hybridized carbons (Fsp3) is 0.500. The van der Waals surface area contributed by atoms with Gasteiger partial charge in [-0.15, -0.1) is 0 Å². The van der Waals surface area contributed by atoms with Gasteiger partial charge >= 0.3 is 5.97 Å². The number of hydrogen-bond acceptors (Lipinski definition) is 2. The third kappa shape index (κ3) is 3.30. The van der Waals surface area contributed by atoms with Crippen LogP contribution in [0.25, 0.3) is 0 Å². The summed E-state index contributed by atoms with van der Waals surface area (Å²) < 4.78 is 0. The number of benzene rings is 1. The smallest absolute Gasteiger partial charge is 0.303 e. The van der Waals surface area contributed by atoms with E-state index in [1.54, 1.807) is 0 Å². The molecule has 0 saturated carbocycles. The van der Waals surface area contributed by atoms with Gasteiger partial charge in [0.15, 0.2) is 0 Å². The maximum Gasteiger partial charge on any atom is 0.303 e. The molecule has 2 rings (SSSR count). The van der Waals surface area contributed by atoms with Gasteiger partial charge in [0, 0.05) is 13.0 Å². The fourth-order valence-electron chi connectivity index (χ4n) is 2.46. The van der Waals surface area contributed by atoms with Crippen LogP contribution in [-0.4, -0.2) is 36.1 Å². The molecule has 0 bridgehead atoms. The van der Waals surface area contributed by atoms with Crippen molar-refractivity contribution in [1.82, 2.24) is 4.90 Å². The lowest BCUT2D eigenvalue weighted by Crippen LogP contribution is -2.13. The summed E-state index contributed by atoms with van der Waals surface area (Å²) in [7, 11) is 2.15. The van der Waals surface area contributed by atoms with Crippen molar-refractivity contribution in [3.8, 4) is 0 Å². The van der Waals surface area contributed by atoms with Crippen LogP contribution in [0.5, 0.6) is 0 Å². The highest BCUT2D eigenvalue weighted by molar-refractivity contribution is 5.67. The van der Waals surface area contributed by atoms with E-state index in [9.17, 15) is 4.79 Å². The Morgan fingerprint density at radius 2 is 2.35 bits per heavy atom. The van der Waals surface area contributed by atoms with E-state index in [0.717, 1.165) is 18.7 Å². The molecular formula is C14H19NO2. The predicted octanol–water partition coefficient (Wildman–Crippen LogP) is 2.12. The molecule has 17 heavy (non-hydrogen) atoms. The molecule has 0 radical (unpaired) electrons. The van der Waals surface area contributed by atoms with Gasteiger partial charge in [0.25, 0.3) is 0 Å². The van der Waals surface area contributed by atoms with Gasteiger partial charge in [-0.25, -0.2) is 0 Å². The minimum Gasteiger partial charge on any atom is -0.481 e. The molecule has 92 valence electrons. The van der Waals surface area contributed by atoms with Crippen molar-refractivity contribution in [1.29, 1.82) is 0 Å². The first-order chi connectivity index (χ1) is 8.15. The Bertz CT molecular complexity index is 403. The van der Waals surface area contributed by atoms with E-state index in [1.165, 1.54) is 12.0 Å². The van der Waals surface area contributed by atoms with Gasteiger partial charge in [-0.1, -0.05) is 24.3 Å². The van der Waals surface area contributed by atoms with Crippen LogP contribution >= 0.6 is 0 Å². The predicted molar refractivity (Wildman–Crippen MR) is 67.3 cm³/mol. The highest BCUT2D eigenvalue weighted by Crippen LogP contribution is 2.26. The maximum absolute atomic E-state index is 10.6. The van der Waals surface area contributed by atoms with E-state index >= 15 is 0 Å². The Morgan fingerprint density at radius 1 is 1.53 bits per heavy atom. The van der Waals surface area contributed by atoms with Crippen LogP contribution in [-0.2, 0) is 11.2 Å². The molecule has 1 aliphatic heterocycles. The first kappa shape index (κ1) is 12.1. The number of hydrogen-bond donors (Lipinski definition) is 1. The second-order valence-corrected chi connectivity index (χ2v) is 4.89. The topological polar surface area (TPSA) is 40.5 Å². The van der Waals surface area contributed by atoms with Gasteiger partial charge in [0.05, 0.1) is 0 Å². The molecule has 0 aliphatic carbocycles. The van der Waals surface area contributed by atoms with Crippen molar-refractivity contribution in [2.75, 3.05) is 20.1 Å². The molecule has 1 unspecified atom stereocenters. The molecule has 1 aromatic carbocycles. The first-order valence-electron chi connectivity index (χ1n) is 6.14. The molecule has 3 nitrogen and oxygen atoms in total. The Labute approximate surface area is 102 Å². The Hall–Kier alpha value is -1.35. The summed E-state index contributed by atoms with van der Waals surface area (Å²) in [5.41, 5.74) is 2.50. The largest absolute Gasteiger partial charge is 0.481 e. The number of aliphatic carboxylic acids is 1. The molecule has 0 aromatic heterocycles. The number of carbonyl (C=O) groups is 1. The van der Waals surface area contributed by atoms with Crippen LogP contribution in [0.15, 0.2) is 24.3 Å². The minimum atomic E-state index is -0.726. The molecule has 1 aromatic rings. The molecular weight excluding hydrogens is 214 g/mol. The summed E-state index contributed by atoms with van der Waals surface area (Å²) in [6, 6.07) is 8.40. The number of carboxylic acid groups (broad SMARTS) is 1. The van der Waals surface area contributed by atoms with Gasteiger partial charge in [0.2, 0.25) is 0 Å². The van der Waals surface area contributed by atoms with Crippen molar-refractivity contribution >= 4 is 5.97 Å². The summed E-state index contributed by atoms with van der Waals surface area (Å²) in [5.74, 6) is -0.110. The van der Waals surface area contributed by atoms with Crippen LogP contribution in [0.2, 0.25) is 0 Å². The second-order valence-electron chi connectivity index (χ2n) is 4.89. The fourth-order valence-corrected chi connectivity index (χ4v) is 2.46. The summed E-state index contributed by atoms with van der Waals surface area (Å²) in [6.45, 7) is 2.27. The van der Waals surface area contributed by atoms with Gasteiger partial charge < -0.3 is 10.0 Å². The molecule has 1 N–H and O–H groups in total. The average molecular weight is 233 g/mol. The van der Waals surface area contributed by atoms with E-state index < -0.39 is 5.97 Å². The van der Waals surface area contributed by atoms with Crippen molar-refractivity contribution < 1.29 is 9.90 Å². The molecule has 0 amide bonds. The Kier molecular flexibility index (Phi) is 3.79. The number of likely N-dealkylation sites (N-methyl/N-ethyl adjacent to an activating group) is 1. The lowest BCUT2D eigenvalue weighted by atomic mass is 9.95. The Morgan fingerprint density at radius 3 is 3.00 bits per heavy atom. The lowest BCUT2D eigenvalue weighted by Gasteiger charge is -2.12. The highest BCUT2D eigenvalue weighted by atomic mass is 16.4. The summed E-state index contributed by atoms with van der Waals surface area (Å²) in [4.78, 5) is 12.9. The molecule has 1 heterocycles. The van der Waals surface area contributed by atoms with E-state index in [-0.39, 0.29) is 6.42 Å². The maximum atomic E-state index is 10.6. The van der Waals surface area contributed by atoms with Crippen LogP contribution in [0.1, 0.15) is 29.9 Å². The van der Waals surface area contributed by atoms with Gasteiger partial charge in [0.1, 0.15) is 0 Å².